The quantitative estimate of drug-likeness (QED) is 0.843. The van der Waals surface area contributed by atoms with Crippen LogP contribution in [0.25, 0.3) is 0 Å². The molecular formula is C17H28ClN5. The number of likely N-dealkylation sites (tertiary alicyclic amines) is 1. The minimum atomic E-state index is 0.263. The molecule has 128 valence electrons. The van der Waals surface area contributed by atoms with E-state index in [9.17, 15) is 0 Å². The third-order valence-corrected chi connectivity index (χ3v) is 5.28. The molecule has 0 saturated carbocycles. The summed E-state index contributed by atoms with van der Waals surface area (Å²) in [6.45, 7) is 12.6. The van der Waals surface area contributed by atoms with E-state index < -0.39 is 0 Å². The van der Waals surface area contributed by atoms with Crippen molar-refractivity contribution in [2.24, 2.45) is 0 Å². The Bertz CT molecular complexity index is 490. The second-order valence-corrected chi connectivity index (χ2v) is 7.76. The summed E-state index contributed by atoms with van der Waals surface area (Å²) in [7, 11) is 0. The molecule has 2 saturated heterocycles. The highest BCUT2D eigenvalue weighted by Crippen LogP contribution is 2.22. The highest BCUT2D eigenvalue weighted by Gasteiger charge is 2.31. The molecule has 1 aromatic heterocycles. The Kier molecular flexibility index (Phi) is 5.39. The number of halogens is 1. The van der Waals surface area contributed by atoms with Crippen molar-refractivity contribution in [1.82, 2.24) is 19.8 Å². The van der Waals surface area contributed by atoms with Crippen LogP contribution in [0.3, 0.4) is 0 Å². The summed E-state index contributed by atoms with van der Waals surface area (Å²) in [6.07, 6.45) is 7.45. The van der Waals surface area contributed by atoms with E-state index in [0.717, 1.165) is 38.7 Å². The SMILES string of the molecule is CC(C)(CN1CCN(c2ncc(Cl)cn2)CC1)N1CCCCC1. The van der Waals surface area contributed by atoms with Gasteiger partial charge in [-0.15, -0.1) is 0 Å². The molecule has 23 heavy (non-hydrogen) atoms. The smallest absolute Gasteiger partial charge is 0.225 e. The van der Waals surface area contributed by atoms with E-state index in [1.807, 2.05) is 0 Å². The molecule has 0 amide bonds. The predicted octanol–water partition coefficient (Wildman–Crippen LogP) is 2.52. The third kappa shape index (κ3) is 4.34. The molecule has 3 heterocycles. The number of piperazine rings is 1. The molecule has 0 N–H and O–H groups in total. The summed E-state index contributed by atoms with van der Waals surface area (Å²) in [6, 6.07) is 0. The Morgan fingerprint density at radius 1 is 0.957 bits per heavy atom. The first kappa shape index (κ1) is 16.9. The number of hydrogen-bond acceptors (Lipinski definition) is 5. The van der Waals surface area contributed by atoms with Crippen molar-refractivity contribution in [1.29, 1.82) is 0 Å². The van der Waals surface area contributed by atoms with Gasteiger partial charge >= 0.3 is 0 Å². The lowest BCUT2D eigenvalue weighted by Gasteiger charge is -2.45. The Labute approximate surface area is 144 Å². The molecule has 0 radical (unpaired) electrons. The lowest BCUT2D eigenvalue weighted by atomic mass is 9.97. The second kappa shape index (κ2) is 7.32. The van der Waals surface area contributed by atoms with Crippen LogP contribution < -0.4 is 4.90 Å². The van der Waals surface area contributed by atoms with E-state index in [0.29, 0.717) is 5.02 Å². The predicted molar refractivity (Wildman–Crippen MR) is 95.2 cm³/mol. The number of aromatic nitrogens is 2. The minimum absolute atomic E-state index is 0.263. The number of hydrogen-bond donors (Lipinski definition) is 0. The molecule has 2 aliphatic rings. The van der Waals surface area contributed by atoms with Gasteiger partial charge in [0.15, 0.2) is 0 Å². The maximum atomic E-state index is 5.86. The standard InChI is InChI=1S/C17H28ClN5/c1-17(2,23-6-4-3-5-7-23)14-21-8-10-22(11-9-21)16-19-12-15(18)13-20-16/h12-13H,3-11,14H2,1-2H3. The lowest BCUT2D eigenvalue weighted by molar-refractivity contribution is 0.0556. The monoisotopic (exact) mass is 337 g/mol. The van der Waals surface area contributed by atoms with E-state index >= 15 is 0 Å². The Morgan fingerprint density at radius 2 is 1.57 bits per heavy atom. The van der Waals surface area contributed by atoms with Crippen molar-refractivity contribution in [3.8, 4) is 0 Å². The molecule has 2 aliphatic heterocycles. The number of anilines is 1. The van der Waals surface area contributed by atoms with Gasteiger partial charge < -0.3 is 4.90 Å². The van der Waals surface area contributed by atoms with Crippen molar-refractivity contribution in [2.75, 3.05) is 50.7 Å². The molecule has 0 bridgehead atoms. The number of nitrogens with zero attached hydrogens (tertiary/aromatic N) is 5. The van der Waals surface area contributed by atoms with E-state index in [1.54, 1.807) is 12.4 Å². The summed E-state index contributed by atoms with van der Waals surface area (Å²) in [5.74, 6) is 0.796. The van der Waals surface area contributed by atoms with Gasteiger partial charge in [-0.2, -0.15) is 0 Å². The molecule has 0 aliphatic carbocycles. The largest absolute Gasteiger partial charge is 0.338 e. The zero-order valence-corrected chi connectivity index (χ0v) is 15.1. The zero-order valence-electron chi connectivity index (χ0n) is 14.3. The van der Waals surface area contributed by atoms with Gasteiger partial charge in [0.2, 0.25) is 5.95 Å². The highest BCUT2D eigenvalue weighted by atomic mass is 35.5. The average molecular weight is 338 g/mol. The average Bonchev–Trinajstić information content (AvgIpc) is 2.57. The molecular weight excluding hydrogens is 310 g/mol. The molecule has 3 rings (SSSR count). The van der Waals surface area contributed by atoms with Crippen LogP contribution in [0.1, 0.15) is 33.1 Å². The fraction of sp³-hybridized carbons (Fsp3) is 0.765. The zero-order chi connectivity index (χ0) is 16.3. The van der Waals surface area contributed by atoms with Crippen LogP contribution in [0, 0.1) is 0 Å². The van der Waals surface area contributed by atoms with Crippen LogP contribution in [0.5, 0.6) is 0 Å². The molecule has 0 atom stereocenters. The van der Waals surface area contributed by atoms with E-state index in [1.165, 1.54) is 32.4 Å². The molecule has 0 aromatic carbocycles. The Hall–Kier alpha value is -0.910. The van der Waals surface area contributed by atoms with Gasteiger partial charge in [0.25, 0.3) is 0 Å². The molecule has 2 fully saturated rings. The van der Waals surface area contributed by atoms with Crippen molar-refractivity contribution >= 4 is 17.5 Å². The van der Waals surface area contributed by atoms with Crippen molar-refractivity contribution < 1.29 is 0 Å². The summed E-state index contributed by atoms with van der Waals surface area (Å²) in [5.41, 5.74) is 0.263. The third-order valence-electron chi connectivity index (χ3n) is 5.08. The summed E-state index contributed by atoms with van der Waals surface area (Å²) >= 11 is 5.86. The molecule has 0 spiro atoms. The van der Waals surface area contributed by atoms with Gasteiger partial charge in [0.1, 0.15) is 0 Å². The Morgan fingerprint density at radius 3 is 2.17 bits per heavy atom. The van der Waals surface area contributed by atoms with Gasteiger partial charge in [-0.1, -0.05) is 18.0 Å². The normalized spacial score (nSPS) is 21.6. The van der Waals surface area contributed by atoms with Gasteiger partial charge in [0.05, 0.1) is 17.4 Å². The summed E-state index contributed by atoms with van der Waals surface area (Å²) < 4.78 is 0. The van der Waals surface area contributed by atoms with Gasteiger partial charge in [0, 0.05) is 38.3 Å². The first-order valence-corrected chi connectivity index (χ1v) is 9.12. The number of rotatable bonds is 4. The molecule has 5 nitrogen and oxygen atoms in total. The molecule has 6 heteroatoms. The van der Waals surface area contributed by atoms with Gasteiger partial charge in [-0.25, -0.2) is 9.97 Å². The van der Waals surface area contributed by atoms with Crippen LogP contribution in [-0.2, 0) is 0 Å². The topological polar surface area (TPSA) is 35.5 Å². The van der Waals surface area contributed by atoms with E-state index in [4.69, 9.17) is 11.6 Å². The van der Waals surface area contributed by atoms with Gasteiger partial charge in [-0.05, 0) is 39.8 Å². The summed E-state index contributed by atoms with van der Waals surface area (Å²) in [4.78, 5) is 16.2. The fourth-order valence-corrected chi connectivity index (χ4v) is 3.82. The molecule has 0 unspecified atom stereocenters. The first-order valence-electron chi connectivity index (χ1n) is 8.74. The maximum absolute atomic E-state index is 5.86. The van der Waals surface area contributed by atoms with E-state index in [2.05, 4.69) is 38.5 Å². The number of piperidine rings is 1. The van der Waals surface area contributed by atoms with Crippen LogP contribution >= 0.6 is 11.6 Å². The maximum Gasteiger partial charge on any atom is 0.225 e. The Balaban J connectivity index is 1.51. The first-order chi connectivity index (χ1) is 11.0. The van der Waals surface area contributed by atoms with Crippen molar-refractivity contribution in [2.45, 2.75) is 38.6 Å². The lowest BCUT2D eigenvalue weighted by Crippen LogP contribution is -2.57. The van der Waals surface area contributed by atoms with E-state index in [-0.39, 0.29) is 5.54 Å². The second-order valence-electron chi connectivity index (χ2n) is 7.32. The van der Waals surface area contributed by atoms with Crippen molar-refractivity contribution in [3.05, 3.63) is 17.4 Å². The van der Waals surface area contributed by atoms with Gasteiger partial charge in [-0.3, -0.25) is 9.80 Å². The van der Waals surface area contributed by atoms with Crippen LogP contribution in [-0.4, -0.2) is 71.1 Å². The van der Waals surface area contributed by atoms with Crippen LogP contribution in [0.2, 0.25) is 5.02 Å². The van der Waals surface area contributed by atoms with Crippen LogP contribution in [0.4, 0.5) is 5.95 Å². The fourth-order valence-electron chi connectivity index (χ4n) is 3.72. The highest BCUT2D eigenvalue weighted by molar-refractivity contribution is 6.30. The minimum Gasteiger partial charge on any atom is -0.338 e. The summed E-state index contributed by atoms with van der Waals surface area (Å²) in [5, 5.41) is 0.593. The molecule has 1 aromatic rings. The van der Waals surface area contributed by atoms with Crippen molar-refractivity contribution in [3.63, 3.8) is 0 Å². The van der Waals surface area contributed by atoms with Crippen LogP contribution in [0.15, 0.2) is 12.4 Å².